The maximum absolute atomic E-state index is 12.7. The SMILES string of the molecule is Cc1nc(-c2ccccc2)sc1CONC(=O)c1cccc(C(F)(F)F)c1. The van der Waals surface area contributed by atoms with E-state index in [0.29, 0.717) is 0 Å². The molecule has 8 heteroatoms. The quantitative estimate of drug-likeness (QED) is 0.622. The Hall–Kier alpha value is -2.71. The molecule has 0 atom stereocenters. The van der Waals surface area contributed by atoms with Crippen molar-refractivity contribution in [1.82, 2.24) is 10.5 Å². The second-order valence-corrected chi connectivity index (χ2v) is 6.78. The molecule has 1 N–H and O–H groups in total. The summed E-state index contributed by atoms with van der Waals surface area (Å²) in [6.45, 7) is 1.90. The molecule has 0 fully saturated rings. The van der Waals surface area contributed by atoms with Crippen molar-refractivity contribution >= 4 is 17.2 Å². The van der Waals surface area contributed by atoms with Gasteiger partial charge in [0.2, 0.25) is 0 Å². The summed E-state index contributed by atoms with van der Waals surface area (Å²) in [4.78, 5) is 22.5. The van der Waals surface area contributed by atoms with Crippen LogP contribution in [0.2, 0.25) is 0 Å². The predicted molar refractivity (Wildman–Crippen MR) is 96.0 cm³/mol. The van der Waals surface area contributed by atoms with E-state index >= 15 is 0 Å². The van der Waals surface area contributed by atoms with Gasteiger partial charge < -0.3 is 0 Å². The van der Waals surface area contributed by atoms with Gasteiger partial charge in [-0.3, -0.25) is 9.63 Å². The van der Waals surface area contributed by atoms with Crippen LogP contribution < -0.4 is 5.48 Å². The Labute approximate surface area is 157 Å². The number of nitrogens with zero attached hydrogens (tertiary/aromatic N) is 1. The highest BCUT2D eigenvalue weighted by molar-refractivity contribution is 7.15. The van der Waals surface area contributed by atoms with Crippen LogP contribution in [0.3, 0.4) is 0 Å². The van der Waals surface area contributed by atoms with Crippen LogP contribution in [0.1, 0.15) is 26.5 Å². The minimum atomic E-state index is -4.51. The molecular formula is C19H15F3N2O2S. The van der Waals surface area contributed by atoms with Gasteiger partial charge in [-0.25, -0.2) is 10.5 Å². The first-order valence-electron chi connectivity index (χ1n) is 7.95. The van der Waals surface area contributed by atoms with E-state index in [-0.39, 0.29) is 12.2 Å². The minimum Gasteiger partial charge on any atom is -0.268 e. The standard InChI is InChI=1S/C19H15F3N2O2S/c1-12-16(27-18(23-12)13-6-3-2-4-7-13)11-26-24-17(25)14-8-5-9-15(10-14)19(20,21)22/h2-10H,11H2,1H3,(H,24,25). The normalized spacial score (nSPS) is 11.4. The van der Waals surface area contributed by atoms with Crippen molar-refractivity contribution in [2.75, 3.05) is 0 Å². The van der Waals surface area contributed by atoms with E-state index in [2.05, 4.69) is 10.5 Å². The Morgan fingerprint density at radius 1 is 1.15 bits per heavy atom. The van der Waals surface area contributed by atoms with Crippen molar-refractivity contribution < 1.29 is 22.8 Å². The molecule has 1 aromatic heterocycles. The molecule has 0 unspecified atom stereocenters. The number of carbonyl (C=O) groups excluding carboxylic acids is 1. The number of amides is 1. The van der Waals surface area contributed by atoms with Crippen LogP contribution in [-0.4, -0.2) is 10.9 Å². The Morgan fingerprint density at radius 3 is 2.59 bits per heavy atom. The number of rotatable bonds is 5. The van der Waals surface area contributed by atoms with Crippen LogP contribution in [0, 0.1) is 6.92 Å². The second-order valence-electron chi connectivity index (χ2n) is 5.69. The van der Waals surface area contributed by atoms with Crippen molar-refractivity contribution in [3.8, 4) is 10.6 Å². The molecule has 0 bridgehead atoms. The molecule has 1 amide bonds. The van der Waals surface area contributed by atoms with Crippen molar-refractivity contribution in [2.45, 2.75) is 19.7 Å². The third kappa shape index (κ3) is 4.72. The van der Waals surface area contributed by atoms with Gasteiger partial charge in [0.25, 0.3) is 5.91 Å². The van der Waals surface area contributed by atoms with Crippen molar-refractivity contribution in [3.05, 3.63) is 76.3 Å². The zero-order chi connectivity index (χ0) is 19.4. The molecule has 0 saturated carbocycles. The Balaban J connectivity index is 1.62. The fraction of sp³-hybridized carbons (Fsp3) is 0.158. The highest BCUT2D eigenvalue weighted by atomic mass is 32.1. The van der Waals surface area contributed by atoms with Crippen LogP contribution in [0.25, 0.3) is 10.6 Å². The van der Waals surface area contributed by atoms with Crippen molar-refractivity contribution in [1.29, 1.82) is 0 Å². The van der Waals surface area contributed by atoms with Crippen molar-refractivity contribution in [2.24, 2.45) is 0 Å². The molecular weight excluding hydrogens is 377 g/mol. The van der Waals surface area contributed by atoms with Crippen LogP contribution in [0.4, 0.5) is 13.2 Å². The second kappa shape index (κ2) is 7.89. The lowest BCUT2D eigenvalue weighted by atomic mass is 10.1. The third-order valence-electron chi connectivity index (χ3n) is 3.73. The van der Waals surface area contributed by atoms with Gasteiger partial charge in [0.1, 0.15) is 11.6 Å². The minimum absolute atomic E-state index is 0.0705. The molecule has 0 aliphatic rings. The van der Waals surface area contributed by atoms with Gasteiger partial charge in [-0.1, -0.05) is 36.4 Å². The number of benzene rings is 2. The lowest BCUT2D eigenvalue weighted by molar-refractivity contribution is -0.137. The van der Waals surface area contributed by atoms with Gasteiger partial charge in [0, 0.05) is 11.1 Å². The summed E-state index contributed by atoms with van der Waals surface area (Å²) in [5.41, 5.74) is 2.91. The number of thiazole rings is 1. The molecule has 0 spiro atoms. The lowest BCUT2D eigenvalue weighted by Crippen LogP contribution is -2.24. The van der Waals surface area contributed by atoms with Gasteiger partial charge in [-0.2, -0.15) is 13.2 Å². The Kier molecular flexibility index (Phi) is 5.57. The molecule has 0 aliphatic carbocycles. The van der Waals surface area contributed by atoms with E-state index < -0.39 is 17.6 Å². The first kappa shape index (κ1) is 19.1. The molecule has 4 nitrogen and oxygen atoms in total. The van der Waals surface area contributed by atoms with Gasteiger partial charge in [0.15, 0.2) is 0 Å². The largest absolute Gasteiger partial charge is 0.416 e. The summed E-state index contributed by atoms with van der Waals surface area (Å²) in [5, 5.41) is 0.830. The number of aryl methyl sites for hydroxylation is 1. The summed E-state index contributed by atoms with van der Waals surface area (Å²) < 4.78 is 38.2. The van der Waals surface area contributed by atoms with Gasteiger partial charge in [-0.15, -0.1) is 11.3 Å². The number of carbonyl (C=O) groups is 1. The zero-order valence-electron chi connectivity index (χ0n) is 14.2. The van der Waals surface area contributed by atoms with Gasteiger partial charge in [-0.05, 0) is 25.1 Å². The van der Waals surface area contributed by atoms with E-state index in [1.165, 1.54) is 23.5 Å². The third-order valence-corrected chi connectivity index (χ3v) is 4.91. The summed E-state index contributed by atoms with van der Waals surface area (Å²) in [6, 6.07) is 13.8. The first-order valence-corrected chi connectivity index (χ1v) is 8.77. The van der Waals surface area contributed by atoms with E-state index in [1.807, 2.05) is 37.3 Å². The van der Waals surface area contributed by atoms with Crippen LogP contribution in [0.5, 0.6) is 0 Å². The molecule has 0 aliphatic heterocycles. The van der Waals surface area contributed by atoms with Gasteiger partial charge in [0.05, 0.1) is 16.1 Å². The summed E-state index contributed by atoms with van der Waals surface area (Å²) in [5.74, 6) is -0.744. The van der Waals surface area contributed by atoms with Crippen molar-refractivity contribution in [3.63, 3.8) is 0 Å². The van der Waals surface area contributed by atoms with Gasteiger partial charge >= 0.3 is 6.18 Å². The van der Waals surface area contributed by atoms with E-state index in [4.69, 9.17) is 4.84 Å². The van der Waals surface area contributed by atoms with Crippen LogP contribution in [0.15, 0.2) is 54.6 Å². The first-order chi connectivity index (χ1) is 12.8. The fourth-order valence-electron chi connectivity index (χ4n) is 2.33. The lowest BCUT2D eigenvalue weighted by Gasteiger charge is -2.09. The topological polar surface area (TPSA) is 51.2 Å². The maximum Gasteiger partial charge on any atom is 0.416 e. The van der Waals surface area contributed by atoms with Crippen LogP contribution >= 0.6 is 11.3 Å². The fourth-order valence-corrected chi connectivity index (χ4v) is 3.31. The average molecular weight is 392 g/mol. The number of halogens is 3. The number of hydroxylamine groups is 1. The smallest absolute Gasteiger partial charge is 0.268 e. The number of nitrogens with one attached hydrogen (secondary N) is 1. The van der Waals surface area contributed by atoms with E-state index in [9.17, 15) is 18.0 Å². The molecule has 140 valence electrons. The predicted octanol–water partition coefficient (Wildman–Crippen LogP) is 5.00. The molecule has 3 rings (SSSR count). The number of hydrogen-bond acceptors (Lipinski definition) is 4. The Morgan fingerprint density at radius 2 is 1.89 bits per heavy atom. The van der Waals surface area contributed by atoms with E-state index in [1.54, 1.807) is 0 Å². The van der Waals surface area contributed by atoms with E-state index in [0.717, 1.165) is 33.3 Å². The highest BCUT2D eigenvalue weighted by Gasteiger charge is 2.30. The molecule has 2 aromatic carbocycles. The monoisotopic (exact) mass is 392 g/mol. The number of hydrogen-bond donors (Lipinski definition) is 1. The highest BCUT2D eigenvalue weighted by Crippen LogP contribution is 2.30. The molecule has 27 heavy (non-hydrogen) atoms. The molecule has 1 heterocycles. The summed E-state index contributed by atoms with van der Waals surface area (Å²) in [6.07, 6.45) is -4.51. The molecule has 3 aromatic rings. The van der Waals surface area contributed by atoms with Crippen LogP contribution in [-0.2, 0) is 17.6 Å². The summed E-state index contributed by atoms with van der Waals surface area (Å²) in [7, 11) is 0. The number of alkyl halides is 3. The average Bonchev–Trinajstić information content (AvgIpc) is 3.02. The Bertz CT molecular complexity index is 940. The zero-order valence-corrected chi connectivity index (χ0v) is 15.0. The summed E-state index contributed by atoms with van der Waals surface area (Å²) >= 11 is 1.43. The molecule has 0 radical (unpaired) electrons. The number of aromatic nitrogens is 1. The molecule has 0 saturated heterocycles. The maximum atomic E-state index is 12.7.